The monoisotopic (exact) mass is 311 g/mol. The Morgan fingerprint density at radius 1 is 1.39 bits per heavy atom. The van der Waals surface area contributed by atoms with Gasteiger partial charge in [0.05, 0.1) is 17.6 Å². The molecule has 2 unspecified atom stereocenters. The number of aryl methyl sites for hydroxylation is 1. The third-order valence-corrected chi connectivity index (χ3v) is 4.92. The van der Waals surface area contributed by atoms with Crippen LogP contribution in [0.1, 0.15) is 34.6 Å². The maximum absolute atomic E-state index is 12.6. The van der Waals surface area contributed by atoms with Crippen LogP contribution in [0.2, 0.25) is 0 Å². The number of nitrogens with zero attached hydrogens (tertiary/aromatic N) is 2. The van der Waals surface area contributed by atoms with Crippen LogP contribution in [0.15, 0.2) is 36.0 Å². The van der Waals surface area contributed by atoms with E-state index >= 15 is 0 Å². The van der Waals surface area contributed by atoms with Gasteiger partial charge in [-0.15, -0.1) is 0 Å². The Kier molecular flexibility index (Phi) is 3.78. The number of carbonyl (C=O) groups excluding carboxylic acids is 1. The number of nitrogens with one attached hydrogen (secondary N) is 1. The van der Waals surface area contributed by atoms with E-state index < -0.39 is 0 Å². The van der Waals surface area contributed by atoms with Crippen LogP contribution < -0.4 is 5.32 Å². The summed E-state index contributed by atoms with van der Waals surface area (Å²) in [4.78, 5) is 12.6. The maximum Gasteiger partial charge on any atom is 0.228 e. The number of rotatable bonds is 4. The molecule has 1 fully saturated rings. The van der Waals surface area contributed by atoms with E-state index in [9.17, 15) is 4.79 Å². The molecule has 2 aromatic rings. The first-order chi connectivity index (χ1) is 10.8. The average molecular weight is 311 g/mol. The van der Waals surface area contributed by atoms with Crippen molar-refractivity contribution in [3.8, 4) is 0 Å². The van der Waals surface area contributed by atoms with Gasteiger partial charge in [0.1, 0.15) is 0 Å². The molecule has 3 rings (SSSR count). The van der Waals surface area contributed by atoms with Gasteiger partial charge in [0.2, 0.25) is 5.91 Å². The summed E-state index contributed by atoms with van der Waals surface area (Å²) in [6.45, 7) is 11.4. The fourth-order valence-electron chi connectivity index (χ4n) is 3.47. The molecule has 0 radical (unpaired) electrons. The number of allylic oxidation sites excluding steroid dienone is 2. The zero-order valence-corrected chi connectivity index (χ0v) is 14.6. The molecule has 0 bridgehead atoms. The van der Waals surface area contributed by atoms with E-state index in [0.29, 0.717) is 5.92 Å². The minimum Gasteiger partial charge on any atom is -0.326 e. The highest BCUT2D eigenvalue weighted by molar-refractivity contribution is 5.97. The van der Waals surface area contributed by atoms with Gasteiger partial charge in [-0.25, -0.2) is 0 Å². The predicted molar refractivity (Wildman–Crippen MR) is 94.2 cm³/mol. The number of carbonyl (C=O) groups is 1. The van der Waals surface area contributed by atoms with E-state index in [1.807, 2.05) is 29.1 Å². The summed E-state index contributed by atoms with van der Waals surface area (Å²) in [6.07, 6.45) is 4.08. The summed E-state index contributed by atoms with van der Waals surface area (Å²) < 4.78 is 1.94. The van der Waals surface area contributed by atoms with Crippen LogP contribution in [-0.4, -0.2) is 15.7 Å². The summed E-state index contributed by atoms with van der Waals surface area (Å²) in [5.74, 6) is 0.487. The molecule has 1 heterocycles. The lowest BCUT2D eigenvalue weighted by Gasteiger charge is -2.07. The second kappa shape index (κ2) is 5.52. The molecule has 0 saturated heterocycles. The molecular formula is C19H25N3O. The van der Waals surface area contributed by atoms with E-state index in [2.05, 4.69) is 51.1 Å². The molecule has 23 heavy (non-hydrogen) atoms. The van der Waals surface area contributed by atoms with Crippen LogP contribution in [0.4, 0.5) is 5.69 Å². The predicted octanol–water partition coefficient (Wildman–Crippen LogP) is 4.23. The van der Waals surface area contributed by atoms with Crippen LogP contribution in [0.3, 0.4) is 0 Å². The third-order valence-electron chi connectivity index (χ3n) is 4.92. The fourth-order valence-corrected chi connectivity index (χ4v) is 3.47. The van der Waals surface area contributed by atoms with Gasteiger partial charge in [0.25, 0.3) is 0 Å². The highest BCUT2D eigenvalue weighted by Crippen LogP contribution is 2.59. The zero-order valence-electron chi connectivity index (χ0n) is 14.6. The second-order valence-corrected chi connectivity index (χ2v) is 7.29. The lowest BCUT2D eigenvalue weighted by Crippen LogP contribution is -2.16. The first-order valence-corrected chi connectivity index (χ1v) is 8.26. The molecule has 1 N–H and O–H groups in total. The van der Waals surface area contributed by atoms with Crippen molar-refractivity contribution in [2.45, 2.75) is 41.2 Å². The quantitative estimate of drug-likeness (QED) is 0.859. The van der Waals surface area contributed by atoms with Gasteiger partial charge in [0.15, 0.2) is 0 Å². The van der Waals surface area contributed by atoms with Gasteiger partial charge >= 0.3 is 0 Å². The molecule has 0 spiro atoms. The SMILES string of the molecule is CCn1ncc2ccc(NC(=O)C3C(C=C(C)C)C3(C)C)cc21. The standard InChI is InChI=1S/C19H25N3O/c1-6-22-16-10-14(8-7-13(16)11-20-22)21-18(23)17-15(9-12(2)3)19(17,4)5/h7-11,15,17H,6H2,1-5H3,(H,21,23). The van der Waals surface area contributed by atoms with Crippen molar-refractivity contribution >= 4 is 22.5 Å². The number of fused-ring (bicyclic) bond motifs is 1. The summed E-state index contributed by atoms with van der Waals surface area (Å²) >= 11 is 0. The Morgan fingerprint density at radius 2 is 2.13 bits per heavy atom. The summed E-state index contributed by atoms with van der Waals surface area (Å²) in [7, 11) is 0. The van der Waals surface area contributed by atoms with Crippen LogP contribution in [0.25, 0.3) is 10.9 Å². The van der Waals surface area contributed by atoms with Crippen LogP contribution in [0, 0.1) is 17.3 Å². The molecule has 122 valence electrons. The molecule has 1 aliphatic rings. The molecule has 0 aliphatic heterocycles. The summed E-state index contributed by atoms with van der Waals surface area (Å²) in [5.41, 5.74) is 3.21. The molecule has 1 aliphatic carbocycles. The van der Waals surface area contributed by atoms with E-state index in [4.69, 9.17) is 0 Å². The van der Waals surface area contributed by atoms with E-state index in [1.165, 1.54) is 5.57 Å². The van der Waals surface area contributed by atoms with Gasteiger partial charge in [-0.2, -0.15) is 5.10 Å². The molecule has 1 aromatic heterocycles. The molecule has 1 saturated carbocycles. The van der Waals surface area contributed by atoms with Crippen molar-refractivity contribution in [1.29, 1.82) is 0 Å². The Labute approximate surface area is 137 Å². The highest BCUT2D eigenvalue weighted by atomic mass is 16.2. The first-order valence-electron chi connectivity index (χ1n) is 8.26. The van der Waals surface area contributed by atoms with Gasteiger partial charge in [-0.3, -0.25) is 9.48 Å². The van der Waals surface area contributed by atoms with E-state index in [-0.39, 0.29) is 17.2 Å². The summed E-state index contributed by atoms with van der Waals surface area (Å²) in [5, 5.41) is 8.53. The number of anilines is 1. The number of amides is 1. The second-order valence-electron chi connectivity index (χ2n) is 7.29. The number of hydrogen-bond donors (Lipinski definition) is 1. The van der Waals surface area contributed by atoms with Crippen LogP contribution in [-0.2, 0) is 11.3 Å². The molecule has 1 amide bonds. The largest absolute Gasteiger partial charge is 0.326 e. The topological polar surface area (TPSA) is 46.9 Å². The Balaban J connectivity index is 1.80. The van der Waals surface area contributed by atoms with Crippen LogP contribution in [0.5, 0.6) is 0 Å². The molecule has 4 nitrogen and oxygen atoms in total. The maximum atomic E-state index is 12.6. The summed E-state index contributed by atoms with van der Waals surface area (Å²) in [6, 6.07) is 5.97. The number of benzene rings is 1. The van der Waals surface area contributed by atoms with Gasteiger partial charge < -0.3 is 5.32 Å². The van der Waals surface area contributed by atoms with Crippen molar-refractivity contribution in [2.75, 3.05) is 5.32 Å². The lowest BCUT2D eigenvalue weighted by molar-refractivity contribution is -0.118. The lowest BCUT2D eigenvalue weighted by atomic mass is 10.1. The van der Waals surface area contributed by atoms with Crippen molar-refractivity contribution in [2.24, 2.45) is 17.3 Å². The van der Waals surface area contributed by atoms with Crippen molar-refractivity contribution in [3.63, 3.8) is 0 Å². The van der Waals surface area contributed by atoms with Gasteiger partial charge in [-0.1, -0.05) is 25.5 Å². The van der Waals surface area contributed by atoms with E-state index in [0.717, 1.165) is 23.1 Å². The number of hydrogen-bond acceptors (Lipinski definition) is 2. The minimum atomic E-state index is 0.0383. The first kappa shape index (κ1) is 15.8. The van der Waals surface area contributed by atoms with Gasteiger partial charge in [0, 0.05) is 17.6 Å². The van der Waals surface area contributed by atoms with Crippen molar-refractivity contribution in [1.82, 2.24) is 9.78 Å². The molecular weight excluding hydrogens is 286 g/mol. The minimum absolute atomic E-state index is 0.0383. The normalized spacial score (nSPS) is 22.0. The smallest absolute Gasteiger partial charge is 0.228 e. The number of aromatic nitrogens is 2. The Bertz CT molecular complexity index is 781. The third kappa shape index (κ3) is 2.78. The average Bonchev–Trinajstić information content (AvgIpc) is 2.82. The molecule has 1 aromatic carbocycles. The van der Waals surface area contributed by atoms with Crippen LogP contribution >= 0.6 is 0 Å². The van der Waals surface area contributed by atoms with Crippen molar-refractivity contribution < 1.29 is 4.79 Å². The van der Waals surface area contributed by atoms with E-state index in [1.54, 1.807) is 0 Å². The highest BCUT2D eigenvalue weighted by Gasteiger charge is 2.60. The fraction of sp³-hybridized carbons (Fsp3) is 0.474. The van der Waals surface area contributed by atoms with Crippen molar-refractivity contribution in [3.05, 3.63) is 36.0 Å². The Morgan fingerprint density at radius 3 is 2.78 bits per heavy atom. The zero-order chi connectivity index (χ0) is 16.8. The van der Waals surface area contributed by atoms with Gasteiger partial charge in [-0.05, 0) is 50.3 Å². The molecule has 4 heteroatoms. The Hall–Kier alpha value is -2.10. The molecule has 2 atom stereocenters.